The predicted molar refractivity (Wildman–Crippen MR) is 66.6 cm³/mol. The average molecular weight is 214 g/mol. The smallest absolute Gasteiger partial charge is 0.0662 e. The van der Waals surface area contributed by atoms with E-state index in [1.165, 1.54) is 16.8 Å². The maximum Gasteiger partial charge on any atom is 0.0662 e. The maximum atomic E-state index is 4.29. The van der Waals surface area contributed by atoms with Crippen molar-refractivity contribution < 1.29 is 0 Å². The zero-order valence-corrected chi connectivity index (χ0v) is 10.1. The lowest BCUT2D eigenvalue weighted by molar-refractivity contribution is 0.664. The first-order chi connectivity index (χ1) is 7.66. The molecule has 0 fully saturated rings. The van der Waals surface area contributed by atoms with Gasteiger partial charge in [0.1, 0.15) is 0 Å². The minimum absolute atomic E-state index is 0.598. The molecule has 0 bridgehead atoms. The largest absolute Gasteiger partial charge is 0.265 e. The van der Waals surface area contributed by atoms with Gasteiger partial charge in [-0.15, -0.1) is 0 Å². The Morgan fingerprint density at radius 2 is 1.81 bits per heavy atom. The van der Waals surface area contributed by atoms with Gasteiger partial charge in [-0.3, -0.25) is 4.68 Å². The normalized spacial score (nSPS) is 11.0. The van der Waals surface area contributed by atoms with Crippen LogP contribution in [0, 0.1) is 6.92 Å². The zero-order valence-electron chi connectivity index (χ0n) is 10.1. The molecule has 16 heavy (non-hydrogen) atoms. The van der Waals surface area contributed by atoms with Crippen LogP contribution in [0.15, 0.2) is 36.5 Å². The van der Waals surface area contributed by atoms with Crippen LogP contribution in [0.2, 0.25) is 0 Å². The van der Waals surface area contributed by atoms with Gasteiger partial charge in [0.05, 0.1) is 6.54 Å². The first-order valence-corrected chi connectivity index (χ1v) is 5.74. The third kappa shape index (κ3) is 2.32. The van der Waals surface area contributed by atoms with Crippen molar-refractivity contribution in [3.8, 4) is 0 Å². The van der Waals surface area contributed by atoms with Crippen LogP contribution >= 0.6 is 0 Å². The molecule has 1 aromatic carbocycles. The molecule has 0 N–H and O–H groups in total. The molecule has 84 valence electrons. The molecule has 1 heterocycles. The first kappa shape index (κ1) is 10.9. The Morgan fingerprint density at radius 1 is 1.12 bits per heavy atom. The van der Waals surface area contributed by atoms with Gasteiger partial charge in [0, 0.05) is 11.9 Å². The SMILES string of the molecule is Cc1ccnn1Cc1ccc(C(C)C)cc1. The fourth-order valence-electron chi connectivity index (χ4n) is 1.75. The van der Waals surface area contributed by atoms with Crippen LogP contribution in [0.5, 0.6) is 0 Å². The summed E-state index contributed by atoms with van der Waals surface area (Å²) in [5, 5.41) is 4.29. The summed E-state index contributed by atoms with van der Waals surface area (Å²) in [5.74, 6) is 0.598. The summed E-state index contributed by atoms with van der Waals surface area (Å²) in [7, 11) is 0. The Kier molecular flexibility index (Phi) is 3.09. The average Bonchev–Trinajstić information content (AvgIpc) is 2.65. The lowest BCUT2D eigenvalue weighted by Gasteiger charge is -2.08. The molecule has 0 amide bonds. The van der Waals surface area contributed by atoms with E-state index in [2.05, 4.69) is 50.1 Å². The number of benzene rings is 1. The maximum absolute atomic E-state index is 4.29. The van der Waals surface area contributed by atoms with Gasteiger partial charge in [0.15, 0.2) is 0 Å². The van der Waals surface area contributed by atoms with E-state index in [9.17, 15) is 0 Å². The highest BCUT2D eigenvalue weighted by Crippen LogP contribution is 2.15. The van der Waals surface area contributed by atoms with Crippen molar-refractivity contribution in [1.29, 1.82) is 0 Å². The predicted octanol–water partition coefficient (Wildman–Crippen LogP) is 3.36. The highest BCUT2D eigenvalue weighted by Gasteiger charge is 2.01. The third-order valence-electron chi connectivity index (χ3n) is 2.91. The molecule has 0 unspecified atom stereocenters. The van der Waals surface area contributed by atoms with Gasteiger partial charge in [-0.25, -0.2) is 0 Å². The van der Waals surface area contributed by atoms with Crippen LogP contribution < -0.4 is 0 Å². The molecular formula is C14H18N2. The Labute approximate surface area is 96.9 Å². The molecule has 2 rings (SSSR count). The van der Waals surface area contributed by atoms with E-state index in [0.717, 1.165) is 6.54 Å². The molecule has 0 saturated heterocycles. The van der Waals surface area contributed by atoms with Crippen LogP contribution in [0.1, 0.15) is 36.6 Å². The second kappa shape index (κ2) is 4.52. The molecule has 0 saturated carbocycles. The molecule has 2 aromatic rings. The molecule has 2 nitrogen and oxygen atoms in total. The molecule has 0 atom stereocenters. The van der Waals surface area contributed by atoms with Crippen molar-refractivity contribution in [3.05, 3.63) is 53.3 Å². The summed E-state index contributed by atoms with van der Waals surface area (Å²) in [6, 6.07) is 10.8. The second-order valence-electron chi connectivity index (χ2n) is 4.53. The van der Waals surface area contributed by atoms with E-state index in [1.54, 1.807) is 0 Å². The van der Waals surface area contributed by atoms with Crippen LogP contribution in [0.3, 0.4) is 0 Å². The highest BCUT2D eigenvalue weighted by atomic mass is 15.3. The number of nitrogens with zero attached hydrogens (tertiary/aromatic N) is 2. The summed E-state index contributed by atoms with van der Waals surface area (Å²) in [5.41, 5.74) is 3.89. The van der Waals surface area contributed by atoms with E-state index in [4.69, 9.17) is 0 Å². The molecule has 0 aliphatic heterocycles. The van der Waals surface area contributed by atoms with Crippen molar-refractivity contribution in [1.82, 2.24) is 9.78 Å². The van der Waals surface area contributed by atoms with Gasteiger partial charge in [-0.2, -0.15) is 5.10 Å². The van der Waals surface area contributed by atoms with E-state index in [0.29, 0.717) is 5.92 Å². The minimum Gasteiger partial charge on any atom is -0.265 e. The Hall–Kier alpha value is -1.57. The van der Waals surface area contributed by atoms with Crippen LogP contribution in [-0.4, -0.2) is 9.78 Å². The lowest BCUT2D eigenvalue weighted by atomic mass is 10.0. The fraction of sp³-hybridized carbons (Fsp3) is 0.357. The summed E-state index contributed by atoms with van der Waals surface area (Å²) in [6.07, 6.45) is 1.85. The monoisotopic (exact) mass is 214 g/mol. The zero-order chi connectivity index (χ0) is 11.5. The molecular weight excluding hydrogens is 196 g/mol. The standard InChI is InChI=1S/C14H18N2/c1-11(2)14-6-4-13(5-7-14)10-16-12(3)8-9-15-16/h4-9,11H,10H2,1-3H3. The Bertz CT molecular complexity index is 452. The Balaban J connectivity index is 2.14. The highest BCUT2D eigenvalue weighted by molar-refractivity contribution is 5.25. The van der Waals surface area contributed by atoms with Gasteiger partial charge >= 0.3 is 0 Å². The fourth-order valence-corrected chi connectivity index (χ4v) is 1.75. The quantitative estimate of drug-likeness (QED) is 0.766. The molecule has 1 aromatic heterocycles. The number of hydrogen-bond donors (Lipinski definition) is 0. The third-order valence-corrected chi connectivity index (χ3v) is 2.91. The molecule has 0 aliphatic rings. The van der Waals surface area contributed by atoms with E-state index < -0.39 is 0 Å². The number of rotatable bonds is 3. The molecule has 0 radical (unpaired) electrons. The van der Waals surface area contributed by atoms with Crippen molar-refractivity contribution in [3.63, 3.8) is 0 Å². The number of hydrogen-bond acceptors (Lipinski definition) is 1. The summed E-state index contributed by atoms with van der Waals surface area (Å²) in [6.45, 7) is 7.37. The van der Waals surface area contributed by atoms with Gasteiger partial charge in [-0.1, -0.05) is 38.1 Å². The first-order valence-electron chi connectivity index (χ1n) is 5.74. The molecule has 0 aliphatic carbocycles. The summed E-state index contributed by atoms with van der Waals surface area (Å²) < 4.78 is 2.02. The van der Waals surface area contributed by atoms with Gasteiger partial charge in [-0.05, 0) is 30.0 Å². The van der Waals surface area contributed by atoms with Crippen molar-refractivity contribution >= 4 is 0 Å². The van der Waals surface area contributed by atoms with Gasteiger partial charge in [0.2, 0.25) is 0 Å². The second-order valence-corrected chi connectivity index (χ2v) is 4.53. The topological polar surface area (TPSA) is 17.8 Å². The van der Waals surface area contributed by atoms with Crippen LogP contribution in [-0.2, 0) is 6.54 Å². The van der Waals surface area contributed by atoms with Crippen molar-refractivity contribution in [2.24, 2.45) is 0 Å². The number of aryl methyl sites for hydroxylation is 1. The molecule has 0 spiro atoms. The Morgan fingerprint density at radius 3 is 2.31 bits per heavy atom. The van der Waals surface area contributed by atoms with Crippen molar-refractivity contribution in [2.45, 2.75) is 33.2 Å². The van der Waals surface area contributed by atoms with Crippen molar-refractivity contribution in [2.75, 3.05) is 0 Å². The van der Waals surface area contributed by atoms with Gasteiger partial charge < -0.3 is 0 Å². The van der Waals surface area contributed by atoms with E-state index >= 15 is 0 Å². The van der Waals surface area contributed by atoms with Crippen LogP contribution in [0.4, 0.5) is 0 Å². The van der Waals surface area contributed by atoms with E-state index in [-0.39, 0.29) is 0 Å². The lowest BCUT2D eigenvalue weighted by Crippen LogP contribution is -2.03. The van der Waals surface area contributed by atoms with Crippen LogP contribution in [0.25, 0.3) is 0 Å². The van der Waals surface area contributed by atoms with E-state index in [1.807, 2.05) is 16.9 Å². The summed E-state index contributed by atoms with van der Waals surface area (Å²) in [4.78, 5) is 0. The summed E-state index contributed by atoms with van der Waals surface area (Å²) >= 11 is 0. The van der Waals surface area contributed by atoms with Gasteiger partial charge in [0.25, 0.3) is 0 Å². The number of aromatic nitrogens is 2. The molecule has 2 heteroatoms. The minimum atomic E-state index is 0.598.